The largest absolute Gasteiger partial charge is 0.393 e. The molecule has 0 aliphatic heterocycles. The maximum Gasteiger partial charge on any atom is 0.134 e. The van der Waals surface area contributed by atoms with Crippen LogP contribution in [-0.4, -0.2) is 34.3 Å². The molecule has 0 bridgehead atoms. The fourth-order valence-corrected chi connectivity index (χ4v) is 2.62. The summed E-state index contributed by atoms with van der Waals surface area (Å²) in [6, 6.07) is 0. The molecule has 1 saturated carbocycles. The summed E-state index contributed by atoms with van der Waals surface area (Å²) >= 11 is 0. The highest BCUT2D eigenvalue weighted by molar-refractivity contribution is 5.57. The molecule has 0 radical (unpaired) electrons. The van der Waals surface area contributed by atoms with Gasteiger partial charge < -0.3 is 15.7 Å². The highest BCUT2D eigenvalue weighted by Crippen LogP contribution is 2.26. The molecule has 1 aromatic heterocycles. The Labute approximate surface area is 114 Å². The van der Waals surface area contributed by atoms with E-state index in [4.69, 9.17) is 0 Å². The maximum absolute atomic E-state index is 9.84. The lowest BCUT2D eigenvalue weighted by Crippen LogP contribution is -2.23. The van der Waals surface area contributed by atoms with Crippen molar-refractivity contribution in [3.8, 4) is 0 Å². The molecule has 0 spiro atoms. The SMILES string of the molecule is CCNc1nc(C)nc(NCC2CCCC2O)c1C. The van der Waals surface area contributed by atoms with Crippen molar-refractivity contribution in [3.63, 3.8) is 0 Å². The zero-order valence-corrected chi connectivity index (χ0v) is 12.0. The highest BCUT2D eigenvalue weighted by atomic mass is 16.3. The van der Waals surface area contributed by atoms with Gasteiger partial charge in [0.25, 0.3) is 0 Å². The Morgan fingerprint density at radius 1 is 1.16 bits per heavy atom. The van der Waals surface area contributed by atoms with Crippen molar-refractivity contribution in [1.29, 1.82) is 0 Å². The second-order valence-electron chi connectivity index (χ2n) is 5.26. The predicted octanol–water partition coefficient (Wildman–Crippen LogP) is 2.10. The van der Waals surface area contributed by atoms with Gasteiger partial charge in [-0.2, -0.15) is 0 Å². The van der Waals surface area contributed by atoms with Crippen LogP contribution in [0.5, 0.6) is 0 Å². The smallest absolute Gasteiger partial charge is 0.134 e. The number of aliphatic hydroxyl groups excluding tert-OH is 1. The van der Waals surface area contributed by atoms with Gasteiger partial charge in [-0.25, -0.2) is 9.97 Å². The van der Waals surface area contributed by atoms with E-state index in [0.717, 1.165) is 55.4 Å². The minimum atomic E-state index is -0.163. The molecule has 19 heavy (non-hydrogen) atoms. The number of hydrogen-bond donors (Lipinski definition) is 3. The molecule has 0 amide bonds. The van der Waals surface area contributed by atoms with E-state index in [1.54, 1.807) is 0 Å². The molecule has 5 nitrogen and oxygen atoms in total. The summed E-state index contributed by atoms with van der Waals surface area (Å²) in [5.41, 5.74) is 1.04. The average Bonchev–Trinajstić information content (AvgIpc) is 2.77. The zero-order chi connectivity index (χ0) is 13.8. The van der Waals surface area contributed by atoms with Gasteiger partial charge in [-0.15, -0.1) is 0 Å². The van der Waals surface area contributed by atoms with E-state index in [2.05, 4.69) is 27.5 Å². The quantitative estimate of drug-likeness (QED) is 0.760. The normalized spacial score (nSPS) is 22.5. The van der Waals surface area contributed by atoms with Gasteiger partial charge in [0.05, 0.1) is 6.10 Å². The van der Waals surface area contributed by atoms with Crippen molar-refractivity contribution in [3.05, 3.63) is 11.4 Å². The lowest BCUT2D eigenvalue weighted by molar-refractivity contribution is 0.138. The van der Waals surface area contributed by atoms with E-state index >= 15 is 0 Å². The number of aliphatic hydroxyl groups is 1. The van der Waals surface area contributed by atoms with Crippen LogP contribution in [0.25, 0.3) is 0 Å². The van der Waals surface area contributed by atoms with Gasteiger partial charge in [0.2, 0.25) is 0 Å². The van der Waals surface area contributed by atoms with Gasteiger partial charge in [0.15, 0.2) is 0 Å². The molecule has 0 saturated heterocycles. The molecule has 2 unspecified atom stereocenters. The zero-order valence-electron chi connectivity index (χ0n) is 12.0. The van der Waals surface area contributed by atoms with Gasteiger partial charge in [-0.3, -0.25) is 0 Å². The fraction of sp³-hybridized carbons (Fsp3) is 0.714. The maximum atomic E-state index is 9.84. The Bertz CT molecular complexity index is 436. The summed E-state index contributed by atoms with van der Waals surface area (Å²) < 4.78 is 0. The molecule has 1 aliphatic carbocycles. The van der Waals surface area contributed by atoms with E-state index in [0.29, 0.717) is 5.92 Å². The predicted molar refractivity (Wildman–Crippen MR) is 77.5 cm³/mol. The summed E-state index contributed by atoms with van der Waals surface area (Å²) in [5, 5.41) is 16.5. The molecule has 2 atom stereocenters. The standard InChI is InChI=1S/C14H24N4O/c1-4-15-13-9(2)14(18-10(3)17-13)16-8-11-6-5-7-12(11)19/h11-12,19H,4-8H2,1-3H3,(H2,15,16,17,18). The number of nitrogens with one attached hydrogen (secondary N) is 2. The summed E-state index contributed by atoms with van der Waals surface area (Å²) in [4.78, 5) is 8.86. The summed E-state index contributed by atoms with van der Waals surface area (Å²) in [6.45, 7) is 7.60. The number of rotatable bonds is 5. The van der Waals surface area contributed by atoms with Crippen LogP contribution < -0.4 is 10.6 Å². The van der Waals surface area contributed by atoms with Crippen molar-refractivity contribution >= 4 is 11.6 Å². The lowest BCUT2D eigenvalue weighted by atomic mass is 10.1. The fourth-order valence-electron chi connectivity index (χ4n) is 2.62. The van der Waals surface area contributed by atoms with E-state index in [-0.39, 0.29) is 6.10 Å². The van der Waals surface area contributed by atoms with Crippen molar-refractivity contribution in [2.24, 2.45) is 5.92 Å². The van der Waals surface area contributed by atoms with Crippen molar-refractivity contribution in [1.82, 2.24) is 9.97 Å². The van der Waals surface area contributed by atoms with Gasteiger partial charge in [0.1, 0.15) is 17.5 Å². The van der Waals surface area contributed by atoms with Crippen LogP contribution in [0.15, 0.2) is 0 Å². The van der Waals surface area contributed by atoms with E-state index < -0.39 is 0 Å². The molecule has 1 aromatic rings. The van der Waals surface area contributed by atoms with Crippen LogP contribution in [0.2, 0.25) is 0 Å². The number of aryl methyl sites for hydroxylation is 1. The van der Waals surface area contributed by atoms with Crippen LogP contribution in [0.3, 0.4) is 0 Å². The lowest BCUT2D eigenvalue weighted by Gasteiger charge is -2.18. The number of nitrogens with zero attached hydrogens (tertiary/aromatic N) is 2. The molecule has 1 heterocycles. The second-order valence-corrected chi connectivity index (χ2v) is 5.26. The minimum absolute atomic E-state index is 0.163. The van der Waals surface area contributed by atoms with Crippen LogP contribution in [0, 0.1) is 19.8 Å². The Morgan fingerprint density at radius 2 is 1.84 bits per heavy atom. The second kappa shape index (κ2) is 6.19. The van der Waals surface area contributed by atoms with Crippen LogP contribution in [-0.2, 0) is 0 Å². The highest BCUT2D eigenvalue weighted by Gasteiger charge is 2.25. The molecule has 106 valence electrons. The monoisotopic (exact) mass is 264 g/mol. The first-order valence-electron chi connectivity index (χ1n) is 7.12. The van der Waals surface area contributed by atoms with E-state index in [1.165, 1.54) is 0 Å². The molecule has 5 heteroatoms. The first kappa shape index (κ1) is 14.1. The molecule has 1 fully saturated rings. The van der Waals surface area contributed by atoms with E-state index in [9.17, 15) is 5.11 Å². The summed E-state index contributed by atoms with van der Waals surface area (Å²) in [6.07, 6.45) is 2.98. The molecular formula is C14H24N4O. The molecule has 0 aromatic carbocycles. The van der Waals surface area contributed by atoms with Crippen molar-refractivity contribution in [2.75, 3.05) is 23.7 Å². The summed E-state index contributed by atoms with van der Waals surface area (Å²) in [5.74, 6) is 2.88. The van der Waals surface area contributed by atoms with Gasteiger partial charge in [0, 0.05) is 24.6 Å². The third-order valence-corrected chi connectivity index (χ3v) is 3.75. The van der Waals surface area contributed by atoms with Crippen LogP contribution in [0.4, 0.5) is 11.6 Å². The molecular weight excluding hydrogens is 240 g/mol. The minimum Gasteiger partial charge on any atom is -0.393 e. The molecule has 2 rings (SSSR count). The van der Waals surface area contributed by atoms with Crippen molar-refractivity contribution in [2.45, 2.75) is 46.1 Å². The number of aromatic nitrogens is 2. The third kappa shape index (κ3) is 3.35. The number of hydrogen-bond acceptors (Lipinski definition) is 5. The number of anilines is 2. The first-order valence-corrected chi connectivity index (χ1v) is 7.12. The van der Waals surface area contributed by atoms with Gasteiger partial charge in [-0.1, -0.05) is 6.42 Å². The summed E-state index contributed by atoms with van der Waals surface area (Å²) in [7, 11) is 0. The Morgan fingerprint density at radius 3 is 2.42 bits per heavy atom. The third-order valence-electron chi connectivity index (χ3n) is 3.75. The van der Waals surface area contributed by atoms with Gasteiger partial charge >= 0.3 is 0 Å². The topological polar surface area (TPSA) is 70.1 Å². The average molecular weight is 264 g/mol. The Hall–Kier alpha value is -1.36. The van der Waals surface area contributed by atoms with Crippen LogP contribution >= 0.6 is 0 Å². The van der Waals surface area contributed by atoms with Crippen LogP contribution in [0.1, 0.15) is 37.6 Å². The first-order chi connectivity index (χ1) is 9.11. The molecule has 3 N–H and O–H groups in total. The van der Waals surface area contributed by atoms with Crippen molar-refractivity contribution < 1.29 is 5.11 Å². The Kier molecular flexibility index (Phi) is 4.58. The van der Waals surface area contributed by atoms with Gasteiger partial charge in [-0.05, 0) is 33.6 Å². The molecule has 1 aliphatic rings. The van der Waals surface area contributed by atoms with E-state index in [1.807, 2.05) is 13.8 Å². The Balaban J connectivity index is 2.06.